The lowest BCUT2D eigenvalue weighted by atomic mass is 9.97. The van der Waals surface area contributed by atoms with Crippen molar-refractivity contribution in [1.82, 2.24) is 15.3 Å². The number of alkyl halides is 1. The third kappa shape index (κ3) is 5.48. The van der Waals surface area contributed by atoms with E-state index in [2.05, 4.69) is 26.9 Å². The third-order valence-corrected chi connectivity index (χ3v) is 5.59. The molecule has 32 heavy (non-hydrogen) atoms. The van der Waals surface area contributed by atoms with E-state index in [-0.39, 0.29) is 12.1 Å². The minimum Gasteiger partial charge on any atom is -0.478 e. The summed E-state index contributed by atoms with van der Waals surface area (Å²) in [7, 11) is 1.31. The van der Waals surface area contributed by atoms with E-state index in [1.54, 1.807) is 18.2 Å². The van der Waals surface area contributed by atoms with Crippen LogP contribution in [0.1, 0.15) is 58.3 Å². The fraction of sp³-hybridized carbons (Fsp3) is 0.292. The molecule has 0 bridgehead atoms. The van der Waals surface area contributed by atoms with Crippen molar-refractivity contribution < 1.29 is 19.4 Å². The van der Waals surface area contributed by atoms with Crippen LogP contribution in [0.5, 0.6) is 0 Å². The second-order valence-electron chi connectivity index (χ2n) is 7.33. The van der Waals surface area contributed by atoms with Crippen LogP contribution >= 0.6 is 11.6 Å². The average Bonchev–Trinajstić information content (AvgIpc) is 3.23. The number of ether oxygens (including phenoxy) is 1. The van der Waals surface area contributed by atoms with Crippen molar-refractivity contribution in [2.24, 2.45) is 0 Å². The number of H-pyrrole nitrogens is 1. The minimum absolute atomic E-state index is 0.217. The number of hydrogen-bond donors (Lipinski definition) is 3. The standard InChI is InChI=1S/C24H26ClN3O4/c1-3-4-9-20-27-19(14-26-24(31)32-2)22(28-20)21(25)16-12-10-15(11-13-16)17-7-5-6-8-18(17)23(29)30/h5-8,10-13,21H,3-4,9,14H2,1-2H3,(H,26,31)(H,27,28)(H,29,30). The van der Waals surface area contributed by atoms with Gasteiger partial charge in [0.2, 0.25) is 0 Å². The summed E-state index contributed by atoms with van der Waals surface area (Å²) in [4.78, 5) is 31.0. The maximum atomic E-state index is 11.5. The predicted molar refractivity (Wildman–Crippen MR) is 123 cm³/mol. The highest BCUT2D eigenvalue weighted by Crippen LogP contribution is 2.32. The number of amides is 1. The Morgan fingerprint density at radius 1 is 1.19 bits per heavy atom. The maximum absolute atomic E-state index is 11.5. The monoisotopic (exact) mass is 455 g/mol. The lowest BCUT2D eigenvalue weighted by Crippen LogP contribution is -2.23. The Balaban J connectivity index is 1.88. The third-order valence-electron chi connectivity index (χ3n) is 5.13. The zero-order valence-electron chi connectivity index (χ0n) is 18.0. The topological polar surface area (TPSA) is 104 Å². The van der Waals surface area contributed by atoms with Crippen molar-refractivity contribution in [1.29, 1.82) is 0 Å². The first kappa shape index (κ1) is 23.3. The van der Waals surface area contributed by atoms with Gasteiger partial charge >= 0.3 is 12.1 Å². The van der Waals surface area contributed by atoms with Crippen molar-refractivity contribution in [2.75, 3.05) is 7.11 Å². The van der Waals surface area contributed by atoms with Crippen LogP contribution in [0.25, 0.3) is 11.1 Å². The molecular weight excluding hydrogens is 430 g/mol. The van der Waals surface area contributed by atoms with Crippen LogP contribution in [0, 0.1) is 0 Å². The molecule has 3 N–H and O–H groups in total. The smallest absolute Gasteiger partial charge is 0.407 e. The molecule has 1 aromatic heterocycles. The molecular formula is C24H26ClN3O4. The van der Waals surface area contributed by atoms with Crippen LogP contribution < -0.4 is 5.32 Å². The van der Waals surface area contributed by atoms with E-state index in [0.717, 1.165) is 41.9 Å². The molecule has 1 amide bonds. The highest BCUT2D eigenvalue weighted by molar-refractivity contribution is 6.22. The van der Waals surface area contributed by atoms with E-state index in [9.17, 15) is 14.7 Å². The second kappa shape index (κ2) is 10.8. The predicted octanol–water partition coefficient (Wildman–Crippen LogP) is 5.30. The number of aromatic amines is 1. The number of aromatic nitrogens is 2. The van der Waals surface area contributed by atoms with Gasteiger partial charge in [0.1, 0.15) is 11.2 Å². The highest BCUT2D eigenvalue weighted by Gasteiger charge is 2.21. The van der Waals surface area contributed by atoms with Crippen LogP contribution in [0.4, 0.5) is 4.79 Å². The molecule has 0 saturated carbocycles. The molecule has 3 rings (SSSR count). The van der Waals surface area contributed by atoms with Crippen molar-refractivity contribution in [2.45, 2.75) is 38.1 Å². The summed E-state index contributed by atoms with van der Waals surface area (Å²) < 4.78 is 4.65. The number of nitrogens with zero attached hydrogens (tertiary/aromatic N) is 1. The largest absolute Gasteiger partial charge is 0.478 e. The van der Waals surface area contributed by atoms with E-state index in [4.69, 9.17) is 11.6 Å². The van der Waals surface area contributed by atoms with Crippen molar-refractivity contribution >= 4 is 23.7 Å². The molecule has 1 heterocycles. The van der Waals surface area contributed by atoms with Gasteiger partial charge in [-0.05, 0) is 29.2 Å². The number of aromatic carboxylic acids is 1. The summed E-state index contributed by atoms with van der Waals surface area (Å²) in [6.45, 7) is 2.33. The van der Waals surface area contributed by atoms with Gasteiger partial charge in [-0.25, -0.2) is 14.6 Å². The van der Waals surface area contributed by atoms with Gasteiger partial charge in [0, 0.05) is 6.42 Å². The number of carbonyl (C=O) groups excluding carboxylic acids is 1. The molecule has 168 valence electrons. The van der Waals surface area contributed by atoms with Crippen LogP contribution in [-0.2, 0) is 17.7 Å². The lowest BCUT2D eigenvalue weighted by molar-refractivity contribution is 0.0697. The maximum Gasteiger partial charge on any atom is 0.407 e. The quantitative estimate of drug-likeness (QED) is 0.380. The number of carbonyl (C=O) groups is 2. The van der Waals surface area contributed by atoms with Crippen LogP contribution in [-0.4, -0.2) is 34.2 Å². The van der Waals surface area contributed by atoms with Gasteiger partial charge in [-0.1, -0.05) is 55.8 Å². The number of nitrogens with one attached hydrogen (secondary N) is 2. The molecule has 0 aliphatic carbocycles. The fourth-order valence-electron chi connectivity index (χ4n) is 3.43. The number of benzene rings is 2. The number of rotatable bonds is 9. The fourth-order valence-corrected chi connectivity index (χ4v) is 3.76. The first-order valence-electron chi connectivity index (χ1n) is 10.4. The van der Waals surface area contributed by atoms with Crippen molar-refractivity contribution in [3.8, 4) is 11.1 Å². The van der Waals surface area contributed by atoms with Gasteiger partial charge in [0.15, 0.2) is 0 Å². The van der Waals surface area contributed by atoms with Gasteiger partial charge in [-0.15, -0.1) is 11.6 Å². The van der Waals surface area contributed by atoms with Gasteiger partial charge < -0.3 is 20.1 Å². The van der Waals surface area contributed by atoms with Gasteiger partial charge in [-0.3, -0.25) is 0 Å². The number of carboxylic acid groups (broad SMARTS) is 1. The molecule has 7 nitrogen and oxygen atoms in total. The molecule has 0 radical (unpaired) electrons. The molecule has 0 fully saturated rings. The summed E-state index contributed by atoms with van der Waals surface area (Å²) in [6.07, 6.45) is 2.28. The van der Waals surface area contributed by atoms with E-state index in [0.29, 0.717) is 11.3 Å². The normalized spacial score (nSPS) is 11.7. The summed E-state index contributed by atoms with van der Waals surface area (Å²) in [5, 5.41) is 11.6. The van der Waals surface area contributed by atoms with Crippen LogP contribution in [0.15, 0.2) is 48.5 Å². The molecule has 0 saturated heterocycles. The lowest BCUT2D eigenvalue weighted by Gasteiger charge is -2.12. The van der Waals surface area contributed by atoms with Crippen LogP contribution in [0.2, 0.25) is 0 Å². The Labute approximate surface area is 191 Å². The number of halogens is 1. The molecule has 1 unspecified atom stereocenters. The van der Waals surface area contributed by atoms with Gasteiger partial charge in [0.05, 0.1) is 30.6 Å². The number of methoxy groups -OCH3 is 1. The van der Waals surface area contributed by atoms with Gasteiger partial charge in [0.25, 0.3) is 0 Å². The Morgan fingerprint density at radius 2 is 1.91 bits per heavy atom. The summed E-state index contributed by atoms with van der Waals surface area (Å²) >= 11 is 6.79. The first-order chi connectivity index (χ1) is 15.4. The van der Waals surface area contributed by atoms with Crippen molar-refractivity contribution in [3.05, 3.63) is 76.9 Å². The highest BCUT2D eigenvalue weighted by atomic mass is 35.5. The number of alkyl carbamates (subject to hydrolysis) is 1. The van der Waals surface area contributed by atoms with E-state index >= 15 is 0 Å². The number of unbranched alkanes of at least 4 members (excludes halogenated alkanes) is 1. The Hall–Kier alpha value is -3.32. The summed E-state index contributed by atoms with van der Waals surface area (Å²) in [5.41, 5.74) is 3.86. The summed E-state index contributed by atoms with van der Waals surface area (Å²) in [5.74, 6) is -0.153. The van der Waals surface area contributed by atoms with Crippen LogP contribution in [0.3, 0.4) is 0 Å². The van der Waals surface area contributed by atoms with Crippen molar-refractivity contribution in [3.63, 3.8) is 0 Å². The number of aryl methyl sites for hydroxylation is 1. The molecule has 0 aliphatic rings. The zero-order valence-corrected chi connectivity index (χ0v) is 18.8. The van der Waals surface area contributed by atoms with Gasteiger partial charge in [-0.2, -0.15) is 0 Å². The summed E-state index contributed by atoms with van der Waals surface area (Å²) in [6, 6.07) is 14.3. The van der Waals surface area contributed by atoms with E-state index in [1.807, 2.05) is 30.3 Å². The Morgan fingerprint density at radius 3 is 2.56 bits per heavy atom. The average molecular weight is 456 g/mol. The number of carboxylic acids is 1. The molecule has 8 heteroatoms. The first-order valence-corrected chi connectivity index (χ1v) is 10.8. The minimum atomic E-state index is -0.973. The molecule has 0 spiro atoms. The second-order valence-corrected chi connectivity index (χ2v) is 7.77. The zero-order chi connectivity index (χ0) is 23.1. The van der Waals surface area contributed by atoms with E-state index < -0.39 is 17.4 Å². The molecule has 1 atom stereocenters. The number of hydrogen-bond acceptors (Lipinski definition) is 4. The Kier molecular flexibility index (Phi) is 7.89. The SMILES string of the molecule is CCCCc1nc(C(Cl)c2ccc(-c3ccccc3C(=O)O)cc2)c(CNC(=O)OC)[nH]1. The van der Waals surface area contributed by atoms with E-state index in [1.165, 1.54) is 7.11 Å². The molecule has 0 aliphatic heterocycles. The Bertz CT molecular complexity index is 1080. The molecule has 2 aromatic carbocycles. The number of imidazole rings is 1. The molecule has 3 aromatic rings.